The maximum atomic E-state index is 12.9. The maximum Gasteiger partial charge on any atom is 0.226 e. The minimum Gasteiger partial charge on any atom is -0.481 e. The summed E-state index contributed by atoms with van der Waals surface area (Å²) in [7, 11) is 3.01. The SMILES string of the molecule is CCN(CC)CC1C(O)C2(O)c3c(cc(OC)nc3OC)OC2(c2ccc(Br)cc2)C1c1ccccc1. The summed E-state index contributed by atoms with van der Waals surface area (Å²) >= 11 is 3.54. The van der Waals surface area contributed by atoms with E-state index in [1.54, 1.807) is 6.07 Å². The molecule has 3 aromatic rings. The van der Waals surface area contributed by atoms with E-state index < -0.39 is 23.2 Å². The van der Waals surface area contributed by atoms with Crippen LogP contribution in [-0.4, -0.2) is 60.1 Å². The van der Waals surface area contributed by atoms with Gasteiger partial charge in [0.05, 0.1) is 25.9 Å². The van der Waals surface area contributed by atoms with Gasteiger partial charge in [0, 0.05) is 28.9 Å². The number of methoxy groups -OCH3 is 2. The highest BCUT2D eigenvalue weighted by atomic mass is 79.9. The summed E-state index contributed by atoms with van der Waals surface area (Å²) in [5.74, 6) is 0.116. The van der Waals surface area contributed by atoms with E-state index in [4.69, 9.17) is 14.2 Å². The number of aliphatic hydroxyl groups excluding tert-OH is 1. The molecule has 5 unspecified atom stereocenters. The normalized spacial score (nSPS) is 28.1. The first-order chi connectivity index (χ1) is 17.8. The molecule has 8 heteroatoms. The zero-order valence-electron chi connectivity index (χ0n) is 21.5. The Labute approximate surface area is 226 Å². The van der Waals surface area contributed by atoms with Gasteiger partial charge in [0.25, 0.3) is 0 Å². The molecule has 0 amide bonds. The lowest BCUT2D eigenvalue weighted by atomic mass is 9.71. The minimum atomic E-state index is -1.85. The summed E-state index contributed by atoms with van der Waals surface area (Å²) in [5, 5.41) is 25.1. The van der Waals surface area contributed by atoms with Crippen molar-refractivity contribution in [1.29, 1.82) is 0 Å². The van der Waals surface area contributed by atoms with Crippen molar-refractivity contribution in [3.8, 4) is 17.5 Å². The van der Waals surface area contributed by atoms with E-state index in [0.717, 1.165) is 28.7 Å². The molecule has 2 aromatic carbocycles. The molecule has 2 aliphatic rings. The Morgan fingerprint density at radius 1 is 1.03 bits per heavy atom. The van der Waals surface area contributed by atoms with Gasteiger partial charge in [-0.2, -0.15) is 4.98 Å². The first-order valence-corrected chi connectivity index (χ1v) is 13.4. The first-order valence-electron chi connectivity index (χ1n) is 12.6. The van der Waals surface area contributed by atoms with Crippen molar-refractivity contribution in [2.45, 2.75) is 37.1 Å². The first kappa shape index (κ1) is 26.0. The van der Waals surface area contributed by atoms with Gasteiger partial charge in [0.2, 0.25) is 11.8 Å². The summed E-state index contributed by atoms with van der Waals surface area (Å²) in [4.78, 5) is 6.73. The molecule has 2 N–H and O–H groups in total. The molecule has 0 spiro atoms. The molecule has 5 rings (SSSR count). The van der Waals surface area contributed by atoms with Gasteiger partial charge in [0.1, 0.15) is 5.75 Å². The van der Waals surface area contributed by atoms with Gasteiger partial charge in [-0.15, -0.1) is 0 Å². The molecule has 0 radical (unpaired) electrons. The lowest BCUT2D eigenvalue weighted by Crippen LogP contribution is -2.52. The smallest absolute Gasteiger partial charge is 0.226 e. The van der Waals surface area contributed by atoms with Crippen molar-refractivity contribution in [1.82, 2.24) is 9.88 Å². The fourth-order valence-electron chi connectivity index (χ4n) is 6.34. The highest BCUT2D eigenvalue weighted by Gasteiger charge is 2.77. The summed E-state index contributed by atoms with van der Waals surface area (Å²) in [6.45, 7) is 6.44. The molecule has 37 heavy (non-hydrogen) atoms. The third kappa shape index (κ3) is 3.76. The third-order valence-electron chi connectivity index (χ3n) is 8.04. The van der Waals surface area contributed by atoms with Crippen molar-refractivity contribution in [3.63, 3.8) is 0 Å². The van der Waals surface area contributed by atoms with Crippen LogP contribution < -0.4 is 14.2 Å². The van der Waals surface area contributed by atoms with Crippen LogP contribution in [0.25, 0.3) is 0 Å². The summed E-state index contributed by atoms with van der Waals surface area (Å²) < 4.78 is 18.9. The Hall–Kier alpha value is -2.65. The van der Waals surface area contributed by atoms with Crippen LogP contribution in [0.1, 0.15) is 36.5 Å². The molecular formula is C29H33BrN2O5. The fraction of sp³-hybridized carbons (Fsp3) is 0.414. The van der Waals surface area contributed by atoms with Gasteiger partial charge in [-0.05, 0) is 36.3 Å². The van der Waals surface area contributed by atoms with Gasteiger partial charge < -0.3 is 29.3 Å². The van der Waals surface area contributed by atoms with Crippen molar-refractivity contribution in [2.75, 3.05) is 33.9 Å². The predicted octanol–water partition coefficient (Wildman–Crippen LogP) is 4.45. The number of benzene rings is 2. The number of pyridine rings is 1. The number of ether oxygens (including phenoxy) is 3. The van der Waals surface area contributed by atoms with Crippen LogP contribution in [0.15, 0.2) is 65.1 Å². The van der Waals surface area contributed by atoms with Crippen molar-refractivity contribution in [2.24, 2.45) is 5.92 Å². The predicted molar refractivity (Wildman–Crippen MR) is 144 cm³/mol. The second-order valence-electron chi connectivity index (χ2n) is 9.64. The van der Waals surface area contributed by atoms with E-state index in [1.807, 2.05) is 54.6 Å². The second-order valence-corrected chi connectivity index (χ2v) is 10.6. The Morgan fingerprint density at radius 2 is 1.70 bits per heavy atom. The van der Waals surface area contributed by atoms with Crippen molar-refractivity contribution in [3.05, 3.63) is 81.8 Å². The van der Waals surface area contributed by atoms with E-state index >= 15 is 0 Å². The Morgan fingerprint density at radius 3 is 2.30 bits per heavy atom. The van der Waals surface area contributed by atoms with Crippen LogP contribution >= 0.6 is 15.9 Å². The monoisotopic (exact) mass is 568 g/mol. The number of fused-ring (bicyclic) bond motifs is 3. The van der Waals surface area contributed by atoms with Crippen LogP contribution in [0.2, 0.25) is 0 Å². The van der Waals surface area contributed by atoms with Crippen LogP contribution in [0, 0.1) is 5.92 Å². The number of hydrogen-bond acceptors (Lipinski definition) is 7. The molecule has 2 heterocycles. The average Bonchev–Trinajstić information content (AvgIpc) is 3.29. The van der Waals surface area contributed by atoms with Crippen LogP contribution in [0.3, 0.4) is 0 Å². The van der Waals surface area contributed by atoms with Crippen molar-refractivity contribution >= 4 is 15.9 Å². The quantitative estimate of drug-likeness (QED) is 0.415. The Balaban J connectivity index is 1.84. The van der Waals surface area contributed by atoms with E-state index in [9.17, 15) is 10.2 Å². The Kier molecular flexibility index (Phi) is 6.96. The lowest BCUT2D eigenvalue weighted by molar-refractivity contribution is -0.152. The van der Waals surface area contributed by atoms with E-state index in [0.29, 0.717) is 23.7 Å². The number of halogens is 1. The molecular weight excluding hydrogens is 536 g/mol. The number of aromatic nitrogens is 1. The average molecular weight is 569 g/mol. The van der Waals surface area contributed by atoms with Gasteiger partial charge in [-0.25, -0.2) is 0 Å². The van der Waals surface area contributed by atoms with Gasteiger partial charge in [0.15, 0.2) is 11.2 Å². The zero-order valence-corrected chi connectivity index (χ0v) is 23.1. The molecule has 1 aliphatic heterocycles. The summed E-state index contributed by atoms with van der Waals surface area (Å²) in [6, 6.07) is 19.4. The minimum absolute atomic E-state index is 0.171. The van der Waals surface area contributed by atoms with Crippen LogP contribution in [0.5, 0.6) is 17.5 Å². The lowest BCUT2D eigenvalue weighted by Gasteiger charge is -2.41. The second kappa shape index (κ2) is 9.91. The van der Waals surface area contributed by atoms with Crippen LogP contribution in [-0.2, 0) is 11.2 Å². The van der Waals surface area contributed by atoms with E-state index in [2.05, 4.69) is 39.7 Å². The molecule has 5 atom stereocenters. The van der Waals surface area contributed by atoms with Gasteiger partial charge in [-0.3, -0.25) is 0 Å². The zero-order chi connectivity index (χ0) is 26.4. The fourth-order valence-corrected chi connectivity index (χ4v) is 6.61. The number of nitrogens with zero attached hydrogens (tertiary/aromatic N) is 2. The standard InChI is InChI=1S/C29H33BrN2O5/c1-5-32(6-2)17-21-24(18-10-8-7-9-11-18)29(19-12-14-20(30)15-13-19)28(34,26(21)33)25-22(37-29)16-23(35-3)31-27(25)36-4/h7-16,21,24,26,33-34H,5-6,17H2,1-4H3. The molecule has 1 saturated carbocycles. The number of aliphatic hydroxyl groups is 2. The maximum absolute atomic E-state index is 12.9. The molecule has 7 nitrogen and oxygen atoms in total. The molecule has 0 saturated heterocycles. The van der Waals surface area contributed by atoms with E-state index in [1.165, 1.54) is 14.2 Å². The molecule has 0 bridgehead atoms. The van der Waals surface area contributed by atoms with Gasteiger partial charge in [-0.1, -0.05) is 72.2 Å². The molecule has 196 valence electrons. The topological polar surface area (TPSA) is 84.3 Å². The van der Waals surface area contributed by atoms with Gasteiger partial charge >= 0.3 is 0 Å². The Bertz CT molecular complexity index is 1250. The van der Waals surface area contributed by atoms with Crippen molar-refractivity contribution < 1.29 is 24.4 Å². The summed E-state index contributed by atoms with van der Waals surface area (Å²) in [5.41, 5.74) is -1.13. The third-order valence-corrected chi connectivity index (χ3v) is 8.57. The highest BCUT2D eigenvalue weighted by Crippen LogP contribution is 2.70. The molecule has 1 aliphatic carbocycles. The summed E-state index contributed by atoms with van der Waals surface area (Å²) in [6.07, 6.45) is -1.17. The number of rotatable bonds is 8. The molecule has 1 aromatic heterocycles. The van der Waals surface area contributed by atoms with E-state index in [-0.39, 0.29) is 11.8 Å². The largest absolute Gasteiger partial charge is 0.481 e. The van der Waals surface area contributed by atoms with Crippen LogP contribution in [0.4, 0.5) is 0 Å². The molecule has 1 fully saturated rings. The number of hydrogen-bond donors (Lipinski definition) is 2. The highest BCUT2D eigenvalue weighted by molar-refractivity contribution is 9.10.